The highest BCUT2D eigenvalue weighted by molar-refractivity contribution is 8.00. The molecule has 1 atom stereocenters. The minimum Gasteiger partial charge on any atom is -0.334 e. The number of para-hydroxylation sites is 1. The van der Waals surface area contributed by atoms with Crippen LogP contribution in [0.15, 0.2) is 29.4 Å². The number of halogens is 2. The number of nitrogens with zero attached hydrogens (tertiary/aromatic N) is 5. The standard InChI is InChI=1S/C16H17F2N7OS/c1-8-7-9(2)25(23-8)15-21-22-16(24(15)19)27-10(3)14(26)20-13-11(17)5-4-6-12(13)18/h4-7,10H,19H2,1-3H3,(H,20,26). The number of amides is 1. The van der Waals surface area contributed by atoms with Gasteiger partial charge in [0, 0.05) is 5.69 Å². The highest BCUT2D eigenvalue weighted by Crippen LogP contribution is 2.25. The monoisotopic (exact) mass is 393 g/mol. The maximum atomic E-state index is 13.7. The number of nitrogen functional groups attached to an aromatic ring is 1. The molecule has 2 aromatic heterocycles. The molecule has 3 aromatic rings. The molecule has 0 bridgehead atoms. The summed E-state index contributed by atoms with van der Waals surface area (Å²) < 4.78 is 30.1. The number of hydrogen-bond donors (Lipinski definition) is 2. The smallest absolute Gasteiger partial charge is 0.271 e. The molecule has 0 spiro atoms. The lowest BCUT2D eigenvalue weighted by Crippen LogP contribution is -2.25. The Morgan fingerprint density at radius 2 is 1.93 bits per heavy atom. The first-order valence-corrected chi connectivity index (χ1v) is 8.81. The number of thioether (sulfide) groups is 1. The molecule has 3 N–H and O–H groups in total. The van der Waals surface area contributed by atoms with E-state index in [2.05, 4.69) is 20.6 Å². The van der Waals surface area contributed by atoms with Crippen molar-refractivity contribution in [1.29, 1.82) is 0 Å². The molecule has 0 radical (unpaired) electrons. The summed E-state index contributed by atoms with van der Waals surface area (Å²) >= 11 is 1.00. The van der Waals surface area contributed by atoms with E-state index >= 15 is 0 Å². The average molecular weight is 393 g/mol. The normalized spacial score (nSPS) is 12.2. The van der Waals surface area contributed by atoms with Gasteiger partial charge in [0.05, 0.1) is 10.9 Å². The largest absolute Gasteiger partial charge is 0.334 e. The number of aryl methyl sites for hydroxylation is 2. The van der Waals surface area contributed by atoms with Crippen molar-refractivity contribution >= 4 is 23.4 Å². The van der Waals surface area contributed by atoms with Gasteiger partial charge in [0.15, 0.2) is 0 Å². The Morgan fingerprint density at radius 1 is 1.26 bits per heavy atom. The lowest BCUT2D eigenvalue weighted by molar-refractivity contribution is -0.115. The summed E-state index contributed by atoms with van der Waals surface area (Å²) in [6, 6.07) is 5.21. The van der Waals surface area contributed by atoms with Crippen LogP contribution in [0.3, 0.4) is 0 Å². The van der Waals surface area contributed by atoms with Crippen molar-refractivity contribution in [3.05, 3.63) is 47.3 Å². The summed E-state index contributed by atoms with van der Waals surface area (Å²) in [6.07, 6.45) is 0. The van der Waals surface area contributed by atoms with Crippen molar-refractivity contribution in [2.24, 2.45) is 0 Å². The van der Waals surface area contributed by atoms with E-state index in [0.717, 1.165) is 35.3 Å². The van der Waals surface area contributed by atoms with Crippen LogP contribution in [0.4, 0.5) is 14.5 Å². The molecule has 1 unspecified atom stereocenters. The Morgan fingerprint density at radius 3 is 2.52 bits per heavy atom. The van der Waals surface area contributed by atoms with Crippen LogP contribution in [-0.2, 0) is 4.79 Å². The van der Waals surface area contributed by atoms with Crippen molar-refractivity contribution in [1.82, 2.24) is 24.7 Å². The van der Waals surface area contributed by atoms with Crippen LogP contribution in [0.1, 0.15) is 18.3 Å². The zero-order valence-corrected chi connectivity index (χ0v) is 15.6. The van der Waals surface area contributed by atoms with Gasteiger partial charge in [-0.15, -0.1) is 10.2 Å². The summed E-state index contributed by atoms with van der Waals surface area (Å²) in [4.78, 5) is 12.3. The number of rotatable bonds is 5. The maximum Gasteiger partial charge on any atom is 0.271 e. The predicted molar refractivity (Wildman–Crippen MR) is 97.1 cm³/mol. The van der Waals surface area contributed by atoms with E-state index in [4.69, 9.17) is 5.84 Å². The van der Waals surface area contributed by atoms with Crippen molar-refractivity contribution in [2.45, 2.75) is 31.2 Å². The number of aromatic nitrogens is 5. The maximum absolute atomic E-state index is 13.7. The summed E-state index contributed by atoms with van der Waals surface area (Å²) in [7, 11) is 0. The lowest BCUT2D eigenvalue weighted by atomic mass is 10.3. The molecule has 0 fully saturated rings. The molecule has 0 saturated heterocycles. The Labute approximate surface area is 157 Å². The molecule has 142 valence electrons. The molecule has 2 heterocycles. The van der Waals surface area contributed by atoms with E-state index in [1.54, 1.807) is 6.92 Å². The van der Waals surface area contributed by atoms with Crippen LogP contribution in [0.2, 0.25) is 0 Å². The first-order chi connectivity index (χ1) is 12.8. The molecule has 0 aliphatic heterocycles. The van der Waals surface area contributed by atoms with Gasteiger partial charge in [-0.2, -0.15) is 5.10 Å². The number of nitrogens with one attached hydrogen (secondary N) is 1. The number of benzene rings is 1. The Kier molecular flexibility index (Phi) is 5.13. The molecule has 0 saturated carbocycles. The molecule has 1 aromatic carbocycles. The van der Waals surface area contributed by atoms with Crippen LogP contribution >= 0.6 is 11.8 Å². The van der Waals surface area contributed by atoms with Gasteiger partial charge in [0.25, 0.3) is 5.95 Å². The van der Waals surface area contributed by atoms with Gasteiger partial charge in [0.2, 0.25) is 11.1 Å². The highest BCUT2D eigenvalue weighted by atomic mass is 32.2. The van der Waals surface area contributed by atoms with E-state index in [-0.39, 0.29) is 11.1 Å². The summed E-state index contributed by atoms with van der Waals surface area (Å²) in [5.41, 5.74) is 1.13. The second kappa shape index (κ2) is 7.35. The predicted octanol–water partition coefficient (Wildman–Crippen LogP) is 2.19. The van der Waals surface area contributed by atoms with Crippen LogP contribution in [0.25, 0.3) is 5.95 Å². The molecule has 8 nitrogen and oxygen atoms in total. The van der Waals surface area contributed by atoms with Crippen molar-refractivity contribution in [3.63, 3.8) is 0 Å². The number of carbonyl (C=O) groups excluding carboxylic acids is 1. The summed E-state index contributed by atoms with van der Waals surface area (Å²) in [6.45, 7) is 5.25. The van der Waals surface area contributed by atoms with Crippen molar-refractivity contribution in [2.75, 3.05) is 11.2 Å². The van der Waals surface area contributed by atoms with Crippen LogP contribution in [-0.4, -0.2) is 35.8 Å². The summed E-state index contributed by atoms with van der Waals surface area (Å²) in [5, 5.41) is 14.0. The molecule has 3 rings (SSSR count). The van der Waals surface area contributed by atoms with E-state index < -0.39 is 28.5 Å². The molecule has 11 heteroatoms. The van der Waals surface area contributed by atoms with Crippen molar-refractivity contribution in [3.8, 4) is 5.95 Å². The Hall–Kier alpha value is -2.95. The lowest BCUT2D eigenvalue weighted by Gasteiger charge is -2.12. The first kappa shape index (κ1) is 18.8. The minimum atomic E-state index is -0.852. The summed E-state index contributed by atoms with van der Waals surface area (Å²) in [5.74, 6) is 4.01. The quantitative estimate of drug-likeness (QED) is 0.509. The first-order valence-electron chi connectivity index (χ1n) is 7.93. The highest BCUT2D eigenvalue weighted by Gasteiger charge is 2.22. The number of nitrogens with two attached hydrogens (primary N) is 1. The fourth-order valence-corrected chi connectivity index (χ4v) is 3.14. The average Bonchev–Trinajstić information content (AvgIpc) is 3.12. The van der Waals surface area contributed by atoms with Gasteiger partial charge >= 0.3 is 0 Å². The minimum absolute atomic E-state index is 0.259. The van der Waals surface area contributed by atoms with Crippen LogP contribution in [0, 0.1) is 25.5 Å². The molecule has 0 aliphatic carbocycles. The third kappa shape index (κ3) is 3.77. The topological polar surface area (TPSA) is 104 Å². The van der Waals surface area contributed by atoms with Gasteiger partial charge in [-0.1, -0.05) is 17.8 Å². The van der Waals surface area contributed by atoms with E-state index in [1.165, 1.54) is 15.4 Å². The third-order valence-electron chi connectivity index (χ3n) is 3.71. The van der Waals surface area contributed by atoms with Gasteiger partial charge < -0.3 is 11.2 Å². The zero-order chi connectivity index (χ0) is 19.7. The van der Waals surface area contributed by atoms with Gasteiger partial charge in [-0.05, 0) is 39.0 Å². The molecule has 0 aliphatic rings. The van der Waals surface area contributed by atoms with E-state index in [1.807, 2.05) is 19.9 Å². The fourth-order valence-electron chi connectivity index (χ4n) is 2.38. The van der Waals surface area contributed by atoms with Gasteiger partial charge in [0.1, 0.15) is 17.3 Å². The Balaban J connectivity index is 1.75. The molecule has 1 amide bonds. The van der Waals surface area contributed by atoms with Gasteiger partial charge in [-0.25, -0.2) is 18.1 Å². The zero-order valence-electron chi connectivity index (χ0n) is 14.8. The van der Waals surface area contributed by atoms with E-state index in [0.29, 0.717) is 0 Å². The number of carbonyl (C=O) groups is 1. The molecular formula is C16H17F2N7OS. The van der Waals surface area contributed by atoms with Crippen LogP contribution < -0.4 is 11.2 Å². The Bertz CT molecular complexity index is 981. The number of anilines is 1. The van der Waals surface area contributed by atoms with Crippen LogP contribution in [0.5, 0.6) is 0 Å². The molecular weight excluding hydrogens is 376 g/mol. The van der Waals surface area contributed by atoms with Gasteiger partial charge in [-0.3, -0.25) is 4.79 Å². The fraction of sp³-hybridized carbons (Fsp3) is 0.250. The van der Waals surface area contributed by atoms with E-state index in [9.17, 15) is 13.6 Å². The second-order valence-electron chi connectivity index (χ2n) is 5.84. The SMILES string of the molecule is Cc1cc(C)n(-c2nnc(SC(C)C(=O)Nc3c(F)cccc3F)n2N)n1. The van der Waals surface area contributed by atoms with Crippen molar-refractivity contribution < 1.29 is 13.6 Å². The number of hydrogen-bond acceptors (Lipinski definition) is 6. The second-order valence-corrected chi connectivity index (χ2v) is 7.15. The third-order valence-corrected chi connectivity index (χ3v) is 4.76. The molecule has 27 heavy (non-hydrogen) atoms.